The minimum Gasteiger partial charge on any atom is -0.369 e. The third-order valence-electron chi connectivity index (χ3n) is 3.78. The first kappa shape index (κ1) is 11.7. The van der Waals surface area contributed by atoms with Crippen molar-refractivity contribution in [1.82, 2.24) is 9.97 Å². The molecule has 0 aliphatic heterocycles. The lowest BCUT2D eigenvalue weighted by atomic mass is 10.1. The number of nitrogens with one attached hydrogen (secondary N) is 2. The lowest BCUT2D eigenvalue weighted by Crippen LogP contribution is -2.10. The molecule has 3 rings (SSSR count). The van der Waals surface area contributed by atoms with E-state index in [-0.39, 0.29) is 0 Å². The Morgan fingerprint density at radius 2 is 2.22 bits per heavy atom. The van der Waals surface area contributed by atoms with E-state index in [9.17, 15) is 0 Å². The van der Waals surface area contributed by atoms with Gasteiger partial charge in [0.15, 0.2) is 0 Å². The van der Waals surface area contributed by atoms with Gasteiger partial charge >= 0.3 is 0 Å². The van der Waals surface area contributed by atoms with Gasteiger partial charge in [0.05, 0.1) is 5.39 Å². The van der Waals surface area contributed by atoms with Gasteiger partial charge in [-0.1, -0.05) is 13.8 Å². The van der Waals surface area contributed by atoms with Crippen LogP contribution in [0.2, 0.25) is 0 Å². The number of hydrogen-bond acceptors (Lipinski definition) is 5. The van der Waals surface area contributed by atoms with Crippen molar-refractivity contribution in [1.29, 1.82) is 0 Å². The topological polar surface area (TPSA) is 49.8 Å². The van der Waals surface area contributed by atoms with Crippen molar-refractivity contribution >= 4 is 33.3 Å². The fourth-order valence-corrected chi connectivity index (χ4v) is 3.01. The molecule has 1 saturated carbocycles. The zero-order valence-corrected chi connectivity index (χ0v) is 11.8. The van der Waals surface area contributed by atoms with Crippen LogP contribution < -0.4 is 10.6 Å². The summed E-state index contributed by atoms with van der Waals surface area (Å²) >= 11 is 1.65. The second kappa shape index (κ2) is 4.09. The van der Waals surface area contributed by atoms with Crippen LogP contribution in [0.5, 0.6) is 0 Å². The summed E-state index contributed by atoms with van der Waals surface area (Å²) in [6.07, 6.45) is 1.30. The van der Waals surface area contributed by atoms with Crippen LogP contribution in [0.25, 0.3) is 10.2 Å². The molecule has 1 atom stereocenters. The zero-order chi connectivity index (χ0) is 12.8. The van der Waals surface area contributed by atoms with Crippen LogP contribution in [0, 0.1) is 11.3 Å². The molecule has 0 aromatic carbocycles. The zero-order valence-electron chi connectivity index (χ0n) is 10.9. The summed E-state index contributed by atoms with van der Waals surface area (Å²) in [5, 5.41) is 9.68. The highest BCUT2D eigenvalue weighted by Crippen LogP contribution is 2.51. The Morgan fingerprint density at radius 3 is 2.89 bits per heavy atom. The molecule has 0 saturated heterocycles. The first-order valence-corrected chi connectivity index (χ1v) is 7.15. The summed E-state index contributed by atoms with van der Waals surface area (Å²) in [6, 6.07) is 2.08. The lowest BCUT2D eigenvalue weighted by Gasteiger charge is -2.09. The molecule has 0 amide bonds. The van der Waals surface area contributed by atoms with Crippen molar-refractivity contribution in [2.75, 3.05) is 24.2 Å². The Balaban J connectivity index is 1.83. The van der Waals surface area contributed by atoms with Crippen LogP contribution >= 0.6 is 11.3 Å². The maximum atomic E-state index is 4.51. The van der Waals surface area contributed by atoms with Crippen LogP contribution in [-0.2, 0) is 0 Å². The second-order valence-corrected chi connectivity index (χ2v) is 6.45. The van der Waals surface area contributed by atoms with E-state index >= 15 is 0 Å². The number of hydrogen-bond donors (Lipinski definition) is 2. The summed E-state index contributed by atoms with van der Waals surface area (Å²) in [6.45, 7) is 5.63. The predicted octanol–water partition coefficient (Wildman–Crippen LogP) is 3.19. The van der Waals surface area contributed by atoms with Crippen LogP contribution in [0.1, 0.15) is 20.3 Å². The highest BCUT2D eigenvalue weighted by Gasteiger charge is 2.45. The summed E-state index contributed by atoms with van der Waals surface area (Å²) in [5.41, 5.74) is 0.500. The highest BCUT2D eigenvalue weighted by atomic mass is 32.1. The molecule has 0 spiro atoms. The van der Waals surface area contributed by atoms with Gasteiger partial charge in [-0.25, -0.2) is 4.98 Å². The predicted molar refractivity (Wildman–Crippen MR) is 77.3 cm³/mol. The number of thiophene rings is 1. The van der Waals surface area contributed by atoms with Gasteiger partial charge in [0.25, 0.3) is 0 Å². The third kappa shape index (κ3) is 2.03. The van der Waals surface area contributed by atoms with Crippen molar-refractivity contribution in [3.05, 3.63) is 11.4 Å². The van der Waals surface area contributed by atoms with E-state index < -0.39 is 0 Å². The molecule has 1 aliphatic rings. The van der Waals surface area contributed by atoms with E-state index in [4.69, 9.17) is 0 Å². The van der Waals surface area contributed by atoms with E-state index in [0.717, 1.165) is 28.5 Å². The number of aromatic nitrogens is 2. The Bertz CT molecular complexity index is 575. The van der Waals surface area contributed by atoms with Crippen molar-refractivity contribution in [3.8, 4) is 0 Å². The molecule has 1 aliphatic carbocycles. The smallest absolute Gasteiger partial charge is 0.225 e. The monoisotopic (exact) mass is 262 g/mol. The molecule has 1 unspecified atom stereocenters. The molecular weight excluding hydrogens is 244 g/mol. The van der Waals surface area contributed by atoms with Gasteiger partial charge in [-0.05, 0) is 29.2 Å². The van der Waals surface area contributed by atoms with Crippen LogP contribution in [0.3, 0.4) is 0 Å². The molecule has 0 bridgehead atoms. The molecule has 2 aromatic heterocycles. The van der Waals surface area contributed by atoms with E-state index in [0.29, 0.717) is 11.4 Å². The molecule has 96 valence electrons. The first-order chi connectivity index (χ1) is 8.60. The summed E-state index contributed by atoms with van der Waals surface area (Å²) in [5.74, 6) is 2.40. The summed E-state index contributed by atoms with van der Waals surface area (Å²) < 4.78 is 0. The van der Waals surface area contributed by atoms with E-state index in [2.05, 4.69) is 45.9 Å². The van der Waals surface area contributed by atoms with Gasteiger partial charge in [-0.15, -0.1) is 11.3 Å². The normalized spacial score (nSPS) is 20.9. The van der Waals surface area contributed by atoms with Crippen LogP contribution in [-0.4, -0.2) is 23.6 Å². The minimum atomic E-state index is 0.500. The van der Waals surface area contributed by atoms with Crippen molar-refractivity contribution < 1.29 is 0 Å². The number of anilines is 2. The largest absolute Gasteiger partial charge is 0.369 e. The molecule has 0 radical (unpaired) electrons. The van der Waals surface area contributed by atoms with Gasteiger partial charge in [-0.3, -0.25) is 0 Å². The maximum Gasteiger partial charge on any atom is 0.225 e. The quantitative estimate of drug-likeness (QED) is 0.888. The molecule has 5 heteroatoms. The highest BCUT2D eigenvalue weighted by molar-refractivity contribution is 7.16. The van der Waals surface area contributed by atoms with Crippen molar-refractivity contribution in [3.63, 3.8) is 0 Å². The summed E-state index contributed by atoms with van der Waals surface area (Å²) in [7, 11) is 1.85. The van der Waals surface area contributed by atoms with E-state index in [1.165, 1.54) is 6.42 Å². The molecule has 4 nitrogen and oxygen atoms in total. The van der Waals surface area contributed by atoms with Crippen molar-refractivity contribution in [2.45, 2.75) is 20.3 Å². The molecule has 2 heterocycles. The fourth-order valence-electron chi connectivity index (χ4n) is 2.25. The molecular formula is C13H18N4S. The Hall–Kier alpha value is -1.36. The molecule has 2 N–H and O–H groups in total. The van der Waals surface area contributed by atoms with Crippen molar-refractivity contribution in [2.24, 2.45) is 11.3 Å². The summed E-state index contributed by atoms with van der Waals surface area (Å²) in [4.78, 5) is 9.99. The van der Waals surface area contributed by atoms with E-state index in [1.54, 1.807) is 11.3 Å². The van der Waals surface area contributed by atoms with Crippen LogP contribution in [0.4, 0.5) is 11.8 Å². The third-order valence-corrected chi connectivity index (χ3v) is 4.59. The number of nitrogens with zero attached hydrogens (tertiary/aromatic N) is 2. The lowest BCUT2D eigenvalue weighted by molar-refractivity contribution is 0.573. The molecule has 1 fully saturated rings. The van der Waals surface area contributed by atoms with E-state index in [1.807, 2.05) is 7.05 Å². The standard InChI is InChI=1S/C13H18N4S/c1-13(2)6-8(13)7-15-10-9-4-5-18-11(9)17-12(14-3)16-10/h4-5,8H,6-7H2,1-3H3,(H2,14,15,16,17). The fraction of sp³-hybridized carbons (Fsp3) is 0.538. The first-order valence-electron chi connectivity index (χ1n) is 6.27. The van der Waals surface area contributed by atoms with Gasteiger partial charge in [0.2, 0.25) is 5.95 Å². The number of fused-ring (bicyclic) bond motifs is 1. The average Bonchev–Trinajstić information content (AvgIpc) is 2.78. The number of rotatable bonds is 4. The van der Waals surface area contributed by atoms with Gasteiger partial charge in [-0.2, -0.15) is 4.98 Å². The second-order valence-electron chi connectivity index (χ2n) is 5.56. The Kier molecular flexibility index (Phi) is 2.66. The SMILES string of the molecule is CNc1nc(NCC2CC2(C)C)c2ccsc2n1. The van der Waals surface area contributed by atoms with Crippen LogP contribution in [0.15, 0.2) is 11.4 Å². The Morgan fingerprint density at radius 1 is 1.44 bits per heavy atom. The minimum absolute atomic E-state index is 0.500. The van der Waals surface area contributed by atoms with Gasteiger partial charge in [0.1, 0.15) is 10.6 Å². The maximum absolute atomic E-state index is 4.51. The molecule has 2 aromatic rings. The average molecular weight is 262 g/mol. The van der Waals surface area contributed by atoms with Gasteiger partial charge < -0.3 is 10.6 Å². The molecule has 18 heavy (non-hydrogen) atoms. The van der Waals surface area contributed by atoms with Gasteiger partial charge in [0, 0.05) is 13.6 Å². The Labute approximate surface area is 111 Å².